The molecule has 0 aliphatic heterocycles. The highest BCUT2D eigenvalue weighted by Gasteiger charge is 2.38. The van der Waals surface area contributed by atoms with Crippen LogP contribution in [-0.4, -0.2) is 49.0 Å². The normalized spacial score (nSPS) is 12.3. The number of aldehydes is 1. The van der Waals surface area contributed by atoms with Crippen molar-refractivity contribution in [3.8, 4) is 17.2 Å². The Labute approximate surface area is 273 Å². The molecule has 0 aromatic heterocycles. The fraction of sp³-hybridized carbons (Fsp3) is 0.441. The Kier molecular flexibility index (Phi) is 14.9. The molecule has 0 saturated heterocycles. The van der Waals surface area contributed by atoms with Crippen molar-refractivity contribution in [3.63, 3.8) is 0 Å². The van der Waals surface area contributed by atoms with E-state index in [9.17, 15) is 33.6 Å². The van der Waals surface area contributed by atoms with Gasteiger partial charge in [0.2, 0.25) is 0 Å². The smallest absolute Gasteiger partial charge is 0.308 e. The molecule has 13 heteroatoms. The molecular formula is C34H42O13. The fourth-order valence-corrected chi connectivity index (χ4v) is 4.61. The minimum absolute atomic E-state index is 0.0127. The highest BCUT2D eigenvalue weighted by atomic mass is 16.6. The van der Waals surface area contributed by atoms with Crippen LogP contribution in [0.1, 0.15) is 96.6 Å². The van der Waals surface area contributed by atoms with Gasteiger partial charge in [-0.25, -0.2) is 0 Å². The number of rotatable bonds is 15. The zero-order valence-electron chi connectivity index (χ0n) is 28.7. The molecule has 0 fully saturated rings. The molecule has 0 bridgehead atoms. The van der Waals surface area contributed by atoms with Crippen LogP contribution < -0.4 is 14.2 Å². The summed E-state index contributed by atoms with van der Waals surface area (Å²) in [7, 11) is 1.29. The van der Waals surface area contributed by atoms with E-state index in [4.69, 9.17) is 28.4 Å². The van der Waals surface area contributed by atoms with Crippen LogP contribution in [0.25, 0.3) is 0 Å². The van der Waals surface area contributed by atoms with Gasteiger partial charge in [0.1, 0.15) is 40.6 Å². The first-order valence-electron chi connectivity index (χ1n) is 14.6. The molecule has 47 heavy (non-hydrogen) atoms. The maximum Gasteiger partial charge on any atom is 0.308 e. The second kappa shape index (κ2) is 17.6. The Morgan fingerprint density at radius 1 is 0.766 bits per heavy atom. The van der Waals surface area contributed by atoms with Crippen LogP contribution in [0.5, 0.6) is 17.2 Å². The summed E-state index contributed by atoms with van der Waals surface area (Å²) in [4.78, 5) is 87.3. The van der Waals surface area contributed by atoms with Gasteiger partial charge in [-0.1, -0.05) is 6.92 Å². The number of ether oxygens (including phenoxy) is 6. The van der Waals surface area contributed by atoms with Gasteiger partial charge in [0.05, 0.1) is 12.5 Å². The minimum atomic E-state index is -1.60. The Balaban J connectivity index is 4.44. The van der Waals surface area contributed by atoms with Crippen molar-refractivity contribution in [1.82, 2.24) is 0 Å². The lowest BCUT2D eigenvalue weighted by Crippen LogP contribution is -2.27. The summed E-state index contributed by atoms with van der Waals surface area (Å²) >= 11 is 0. The summed E-state index contributed by atoms with van der Waals surface area (Å²) in [6.45, 7) is 13.4. The third kappa shape index (κ3) is 10.8. The van der Waals surface area contributed by atoms with Crippen LogP contribution in [-0.2, 0) is 49.4 Å². The molecule has 0 radical (unpaired) electrons. The van der Waals surface area contributed by atoms with Crippen molar-refractivity contribution in [3.05, 3.63) is 51.7 Å². The SMILES string of the molecule is C/C=C(\C=C(/OC(C)=O)C(C)(C)/C(OC(C)=O)=C(\C=O)Cc1c(OC(C)=O)c(C)c(OC)c(C(=O)CCC)c1OC(C)=O)OC(C)=O. The fourth-order valence-electron chi connectivity index (χ4n) is 4.61. The van der Waals surface area contributed by atoms with E-state index in [2.05, 4.69) is 0 Å². The van der Waals surface area contributed by atoms with Gasteiger partial charge in [-0.15, -0.1) is 0 Å². The molecule has 0 heterocycles. The highest BCUT2D eigenvalue weighted by Crippen LogP contribution is 2.47. The van der Waals surface area contributed by atoms with Crippen LogP contribution in [0.3, 0.4) is 0 Å². The average molecular weight is 659 g/mol. The van der Waals surface area contributed by atoms with Crippen molar-refractivity contribution in [2.75, 3.05) is 7.11 Å². The topological polar surface area (TPSA) is 175 Å². The van der Waals surface area contributed by atoms with Gasteiger partial charge in [0.15, 0.2) is 11.5 Å². The van der Waals surface area contributed by atoms with Gasteiger partial charge in [0, 0.05) is 70.2 Å². The van der Waals surface area contributed by atoms with Crippen molar-refractivity contribution in [2.45, 2.75) is 88.5 Å². The lowest BCUT2D eigenvalue weighted by atomic mass is 9.83. The summed E-state index contributed by atoms with van der Waals surface area (Å²) in [6.07, 6.45) is 2.94. The molecule has 1 aromatic rings. The lowest BCUT2D eigenvalue weighted by Gasteiger charge is -2.30. The van der Waals surface area contributed by atoms with Crippen molar-refractivity contribution < 1.29 is 62.0 Å². The lowest BCUT2D eigenvalue weighted by molar-refractivity contribution is -0.140. The summed E-state index contributed by atoms with van der Waals surface area (Å²) in [6, 6.07) is 0. The van der Waals surface area contributed by atoms with Gasteiger partial charge in [-0.2, -0.15) is 0 Å². The third-order valence-electron chi connectivity index (χ3n) is 6.44. The molecule has 0 spiro atoms. The second-order valence-corrected chi connectivity index (χ2v) is 10.8. The molecule has 0 aliphatic rings. The Bertz CT molecular complexity index is 1540. The largest absolute Gasteiger partial charge is 0.495 e. The maximum absolute atomic E-state index is 13.4. The minimum Gasteiger partial charge on any atom is -0.495 e. The molecule has 0 atom stereocenters. The van der Waals surface area contributed by atoms with Gasteiger partial charge < -0.3 is 28.4 Å². The number of Topliss-reactive ketones (excluding diaryl/α,β-unsaturated/α-hetero) is 1. The quantitative estimate of drug-likeness (QED) is 0.0346. The van der Waals surface area contributed by atoms with E-state index in [0.29, 0.717) is 12.7 Å². The maximum atomic E-state index is 13.4. The molecule has 0 aliphatic carbocycles. The molecule has 0 saturated carbocycles. The number of hydrogen-bond donors (Lipinski definition) is 0. The first kappa shape index (κ1) is 40.0. The Hall–Kier alpha value is -5.07. The van der Waals surface area contributed by atoms with E-state index in [1.54, 1.807) is 13.8 Å². The second-order valence-electron chi connectivity index (χ2n) is 10.8. The monoisotopic (exact) mass is 658 g/mol. The molecule has 0 unspecified atom stereocenters. The number of carbonyl (C=O) groups is 7. The Morgan fingerprint density at radius 2 is 1.30 bits per heavy atom. The van der Waals surface area contributed by atoms with E-state index >= 15 is 0 Å². The molecule has 1 rings (SSSR count). The van der Waals surface area contributed by atoms with E-state index in [1.807, 2.05) is 0 Å². The van der Waals surface area contributed by atoms with E-state index in [0.717, 1.165) is 27.7 Å². The number of benzene rings is 1. The number of esters is 5. The number of hydrogen-bond acceptors (Lipinski definition) is 13. The summed E-state index contributed by atoms with van der Waals surface area (Å²) < 4.78 is 32.8. The highest BCUT2D eigenvalue weighted by molar-refractivity contribution is 6.03. The van der Waals surface area contributed by atoms with E-state index in [1.165, 1.54) is 47.0 Å². The molecule has 0 N–H and O–H groups in total. The number of methoxy groups -OCH3 is 1. The van der Waals surface area contributed by atoms with Crippen LogP contribution >= 0.6 is 0 Å². The first-order chi connectivity index (χ1) is 21.8. The van der Waals surface area contributed by atoms with Gasteiger partial charge in [0.25, 0.3) is 0 Å². The Morgan fingerprint density at radius 3 is 1.72 bits per heavy atom. The first-order valence-corrected chi connectivity index (χ1v) is 14.6. The molecule has 0 amide bonds. The van der Waals surface area contributed by atoms with E-state index < -0.39 is 47.5 Å². The number of ketones is 1. The predicted octanol–water partition coefficient (Wildman–Crippen LogP) is 5.34. The van der Waals surface area contributed by atoms with Crippen LogP contribution in [0.4, 0.5) is 0 Å². The van der Waals surface area contributed by atoms with Crippen molar-refractivity contribution in [2.24, 2.45) is 5.41 Å². The van der Waals surface area contributed by atoms with Crippen molar-refractivity contribution in [1.29, 1.82) is 0 Å². The van der Waals surface area contributed by atoms with Gasteiger partial charge in [-0.05, 0) is 40.2 Å². The van der Waals surface area contributed by atoms with Crippen LogP contribution in [0.15, 0.2) is 35.0 Å². The molecule has 256 valence electrons. The van der Waals surface area contributed by atoms with Crippen LogP contribution in [0.2, 0.25) is 0 Å². The molecular weight excluding hydrogens is 616 g/mol. The van der Waals surface area contributed by atoms with Crippen molar-refractivity contribution >= 4 is 41.9 Å². The zero-order chi connectivity index (χ0) is 36.2. The number of allylic oxidation sites excluding steroid dienone is 3. The van der Waals surface area contributed by atoms with E-state index in [-0.39, 0.29) is 63.2 Å². The van der Waals surface area contributed by atoms with Crippen LogP contribution in [0, 0.1) is 12.3 Å². The average Bonchev–Trinajstić information content (AvgIpc) is 2.95. The third-order valence-corrected chi connectivity index (χ3v) is 6.44. The predicted molar refractivity (Wildman–Crippen MR) is 167 cm³/mol. The standard InChI is InChI=1S/C34H42O13/c1-12-14-27(41)29-31(42-11)18(3)30(45-21(6)38)26(32(29)46-22(7)39)15-24(17-35)33(47-23(8)40)34(9,10)28(44-20(5)37)16-25(13-2)43-19(4)36/h13,16-17H,12,14-15H2,1-11H3/b25-13+,28-16-,33-24+. The summed E-state index contributed by atoms with van der Waals surface area (Å²) in [5, 5.41) is 0. The molecule has 13 nitrogen and oxygen atoms in total. The van der Waals surface area contributed by atoms with Gasteiger partial charge >= 0.3 is 29.8 Å². The summed E-state index contributed by atoms with van der Waals surface area (Å²) in [5.41, 5.74) is -1.87. The van der Waals surface area contributed by atoms with Gasteiger partial charge in [-0.3, -0.25) is 33.6 Å². The molecule has 1 aromatic carbocycles. The zero-order valence-corrected chi connectivity index (χ0v) is 28.7. The summed E-state index contributed by atoms with van der Waals surface area (Å²) in [5.74, 6) is -5.39. The number of carbonyl (C=O) groups excluding carboxylic acids is 7.